The lowest BCUT2D eigenvalue weighted by molar-refractivity contribution is 0.100. The summed E-state index contributed by atoms with van der Waals surface area (Å²) in [6, 6.07) is 9.33. The zero-order chi connectivity index (χ0) is 12.7. The molecule has 0 aliphatic carbocycles. The van der Waals surface area contributed by atoms with E-state index in [1.54, 1.807) is 23.5 Å². The largest absolute Gasteiger partial charge is 0.366 e. The number of nitrogens with zero attached hydrogens (tertiary/aromatic N) is 2. The summed E-state index contributed by atoms with van der Waals surface area (Å²) in [7, 11) is 1.94. The molecule has 1 amide bonds. The molecule has 1 aromatic carbocycles. The summed E-state index contributed by atoms with van der Waals surface area (Å²) in [5.41, 5.74) is 7.57. The maximum Gasteiger partial charge on any atom is 0.248 e. The Labute approximate surface area is 108 Å². The molecule has 0 fully saturated rings. The van der Waals surface area contributed by atoms with Crippen LogP contribution in [0.2, 0.25) is 0 Å². The monoisotopic (exact) mass is 257 g/mol. The summed E-state index contributed by atoms with van der Waals surface area (Å²) in [6.07, 6.45) is 0. The van der Waals surface area contributed by atoms with Gasteiger partial charge in [0.2, 0.25) is 5.91 Å². The van der Waals surface area contributed by atoms with E-state index in [1.807, 2.05) is 35.2 Å². The lowest BCUT2D eigenvalue weighted by Gasteiger charge is -2.00. The van der Waals surface area contributed by atoms with Crippen molar-refractivity contribution in [1.82, 2.24) is 9.55 Å². The van der Waals surface area contributed by atoms with E-state index in [4.69, 9.17) is 5.73 Å². The van der Waals surface area contributed by atoms with Gasteiger partial charge in [0.1, 0.15) is 0 Å². The summed E-state index contributed by atoms with van der Waals surface area (Å²) >= 11 is 1.64. The Balaban J connectivity index is 2.25. The molecule has 2 heterocycles. The third-order valence-electron chi connectivity index (χ3n) is 2.91. The highest BCUT2D eigenvalue weighted by molar-refractivity contribution is 7.13. The van der Waals surface area contributed by atoms with Crippen molar-refractivity contribution in [1.29, 1.82) is 0 Å². The van der Waals surface area contributed by atoms with E-state index in [0.29, 0.717) is 5.56 Å². The molecule has 5 heteroatoms. The fraction of sp³-hybridized carbons (Fsp3) is 0.0769. The second-order valence-corrected chi connectivity index (χ2v) is 4.99. The van der Waals surface area contributed by atoms with Crippen molar-refractivity contribution in [3.05, 3.63) is 41.3 Å². The number of rotatable bonds is 2. The van der Waals surface area contributed by atoms with Crippen LogP contribution in [0, 0.1) is 0 Å². The van der Waals surface area contributed by atoms with Crippen LogP contribution in [0.4, 0.5) is 0 Å². The predicted octanol–water partition coefficient (Wildman–Crippen LogP) is 2.40. The van der Waals surface area contributed by atoms with Crippen molar-refractivity contribution >= 4 is 28.3 Å². The summed E-state index contributed by atoms with van der Waals surface area (Å²) < 4.78 is 1.98. The minimum absolute atomic E-state index is 0.421. The molecule has 0 bridgehead atoms. The maximum atomic E-state index is 11.2. The van der Waals surface area contributed by atoms with E-state index in [0.717, 1.165) is 21.7 Å². The molecular formula is C13H11N3OS. The van der Waals surface area contributed by atoms with Gasteiger partial charge in [-0.05, 0) is 29.6 Å². The molecule has 0 saturated heterocycles. The predicted molar refractivity (Wildman–Crippen MR) is 72.5 cm³/mol. The fourth-order valence-electron chi connectivity index (χ4n) is 1.97. The number of thiophene rings is 1. The highest BCUT2D eigenvalue weighted by Gasteiger charge is 2.12. The van der Waals surface area contributed by atoms with Crippen LogP contribution in [-0.2, 0) is 7.05 Å². The normalized spacial score (nSPS) is 10.9. The number of amides is 1. The first-order valence-electron chi connectivity index (χ1n) is 5.47. The number of carbonyl (C=O) groups excluding carboxylic acids is 1. The standard InChI is InChI=1S/C13H11N3OS/c1-16-10-7-8(12(14)17)4-5-9(10)15-13(16)11-3-2-6-18-11/h2-7H,1H3,(H2,14,17). The number of hydrogen-bond acceptors (Lipinski definition) is 3. The molecule has 18 heavy (non-hydrogen) atoms. The molecule has 90 valence electrons. The number of primary amides is 1. The van der Waals surface area contributed by atoms with Crippen molar-refractivity contribution in [2.24, 2.45) is 12.8 Å². The Hall–Kier alpha value is -2.14. The average Bonchev–Trinajstić information content (AvgIpc) is 2.97. The number of fused-ring (bicyclic) bond motifs is 1. The van der Waals surface area contributed by atoms with E-state index < -0.39 is 5.91 Å². The lowest BCUT2D eigenvalue weighted by atomic mass is 10.2. The first-order valence-corrected chi connectivity index (χ1v) is 6.35. The third-order valence-corrected chi connectivity index (χ3v) is 3.77. The summed E-state index contributed by atoms with van der Waals surface area (Å²) in [4.78, 5) is 16.9. The van der Waals surface area contributed by atoms with Gasteiger partial charge in [-0.2, -0.15) is 0 Å². The van der Waals surface area contributed by atoms with Crippen LogP contribution in [0.5, 0.6) is 0 Å². The molecule has 0 atom stereocenters. The van der Waals surface area contributed by atoms with Crippen LogP contribution in [0.25, 0.3) is 21.7 Å². The van der Waals surface area contributed by atoms with E-state index in [2.05, 4.69) is 4.98 Å². The van der Waals surface area contributed by atoms with Crippen LogP contribution in [-0.4, -0.2) is 15.5 Å². The van der Waals surface area contributed by atoms with Gasteiger partial charge in [-0.1, -0.05) is 6.07 Å². The number of hydrogen-bond donors (Lipinski definition) is 1. The number of carbonyl (C=O) groups is 1. The molecule has 0 aliphatic heterocycles. The van der Waals surface area contributed by atoms with Crippen LogP contribution in [0.3, 0.4) is 0 Å². The Morgan fingerprint density at radius 1 is 1.39 bits per heavy atom. The van der Waals surface area contributed by atoms with Gasteiger partial charge in [0.15, 0.2) is 5.82 Å². The van der Waals surface area contributed by atoms with Crippen molar-refractivity contribution < 1.29 is 4.79 Å². The number of imidazole rings is 1. The Kier molecular flexibility index (Phi) is 2.41. The summed E-state index contributed by atoms with van der Waals surface area (Å²) in [6.45, 7) is 0. The van der Waals surface area contributed by atoms with Crippen molar-refractivity contribution in [3.63, 3.8) is 0 Å². The molecule has 2 N–H and O–H groups in total. The fourth-order valence-corrected chi connectivity index (χ4v) is 2.72. The van der Waals surface area contributed by atoms with Gasteiger partial charge in [0, 0.05) is 12.6 Å². The van der Waals surface area contributed by atoms with Crippen molar-refractivity contribution in [3.8, 4) is 10.7 Å². The average molecular weight is 257 g/mol. The van der Waals surface area contributed by atoms with E-state index in [9.17, 15) is 4.79 Å². The molecule has 0 spiro atoms. The van der Waals surface area contributed by atoms with E-state index >= 15 is 0 Å². The molecule has 0 saturated carbocycles. The number of aryl methyl sites for hydroxylation is 1. The smallest absolute Gasteiger partial charge is 0.248 e. The second kappa shape index (κ2) is 3.96. The van der Waals surface area contributed by atoms with Crippen LogP contribution in [0.1, 0.15) is 10.4 Å². The molecule has 0 aliphatic rings. The zero-order valence-corrected chi connectivity index (χ0v) is 10.6. The minimum atomic E-state index is -0.421. The second-order valence-electron chi connectivity index (χ2n) is 4.04. The molecule has 0 unspecified atom stereocenters. The Morgan fingerprint density at radius 3 is 2.89 bits per heavy atom. The summed E-state index contributed by atoms with van der Waals surface area (Å²) in [5.74, 6) is 0.484. The zero-order valence-electron chi connectivity index (χ0n) is 9.75. The molecule has 3 aromatic rings. The lowest BCUT2D eigenvalue weighted by Crippen LogP contribution is -2.10. The molecular weight excluding hydrogens is 246 g/mol. The van der Waals surface area contributed by atoms with Crippen LogP contribution in [0.15, 0.2) is 35.7 Å². The van der Waals surface area contributed by atoms with Gasteiger partial charge in [0.05, 0.1) is 15.9 Å². The Bertz CT molecular complexity index is 728. The minimum Gasteiger partial charge on any atom is -0.366 e. The van der Waals surface area contributed by atoms with Gasteiger partial charge in [-0.3, -0.25) is 4.79 Å². The number of nitrogens with two attached hydrogens (primary N) is 1. The first kappa shape index (κ1) is 11.0. The molecule has 3 rings (SSSR count). The highest BCUT2D eigenvalue weighted by Crippen LogP contribution is 2.27. The maximum absolute atomic E-state index is 11.2. The van der Waals surface area contributed by atoms with Crippen molar-refractivity contribution in [2.75, 3.05) is 0 Å². The van der Waals surface area contributed by atoms with Crippen LogP contribution >= 0.6 is 11.3 Å². The molecule has 2 aromatic heterocycles. The third kappa shape index (κ3) is 1.60. The van der Waals surface area contributed by atoms with E-state index in [1.165, 1.54) is 0 Å². The molecule has 0 radical (unpaired) electrons. The van der Waals surface area contributed by atoms with Gasteiger partial charge >= 0.3 is 0 Å². The molecule has 4 nitrogen and oxygen atoms in total. The van der Waals surface area contributed by atoms with E-state index in [-0.39, 0.29) is 0 Å². The highest BCUT2D eigenvalue weighted by atomic mass is 32.1. The quantitative estimate of drug-likeness (QED) is 0.766. The van der Waals surface area contributed by atoms with Gasteiger partial charge in [-0.25, -0.2) is 4.98 Å². The SMILES string of the molecule is Cn1c(-c2cccs2)nc2ccc(C(N)=O)cc21. The van der Waals surface area contributed by atoms with Crippen molar-refractivity contribution in [2.45, 2.75) is 0 Å². The van der Waals surface area contributed by atoms with Gasteiger partial charge < -0.3 is 10.3 Å². The Morgan fingerprint density at radius 2 is 2.22 bits per heavy atom. The van der Waals surface area contributed by atoms with Gasteiger partial charge in [-0.15, -0.1) is 11.3 Å². The number of aromatic nitrogens is 2. The van der Waals surface area contributed by atoms with Crippen LogP contribution < -0.4 is 5.73 Å². The first-order chi connectivity index (χ1) is 8.66. The van der Waals surface area contributed by atoms with Gasteiger partial charge in [0.25, 0.3) is 0 Å². The number of benzene rings is 1. The summed E-state index contributed by atoms with van der Waals surface area (Å²) in [5, 5.41) is 2.02. The topological polar surface area (TPSA) is 60.9 Å².